The van der Waals surface area contributed by atoms with Crippen LogP contribution in [0, 0.1) is 5.82 Å². The number of aromatic nitrogens is 2. The van der Waals surface area contributed by atoms with Crippen molar-refractivity contribution in [2.45, 2.75) is 12.8 Å². The molecule has 0 saturated heterocycles. The molecule has 1 N–H and O–H groups in total. The molecule has 2 rings (SSSR count). The molecule has 0 amide bonds. The standard InChI is InChI=1S/C12H14FN3O/c1-14-8-2-3-11-15-12(16-17-11)9-4-6-10(13)7-5-9/h4-7,14H,2-3,8H2,1H3. The molecule has 0 bridgehead atoms. The van der Waals surface area contributed by atoms with Crippen LogP contribution in [0.1, 0.15) is 12.3 Å². The van der Waals surface area contributed by atoms with Crippen LogP contribution in [-0.4, -0.2) is 23.7 Å². The SMILES string of the molecule is CNCCCc1nc(-c2ccc(F)cc2)no1. The van der Waals surface area contributed by atoms with Gasteiger partial charge in [0.2, 0.25) is 11.7 Å². The van der Waals surface area contributed by atoms with Gasteiger partial charge in [0, 0.05) is 12.0 Å². The fourth-order valence-corrected chi connectivity index (χ4v) is 1.49. The van der Waals surface area contributed by atoms with Gasteiger partial charge in [-0.1, -0.05) is 5.16 Å². The van der Waals surface area contributed by atoms with E-state index in [1.807, 2.05) is 7.05 Å². The summed E-state index contributed by atoms with van der Waals surface area (Å²) in [6.45, 7) is 0.911. The van der Waals surface area contributed by atoms with Gasteiger partial charge in [0.15, 0.2) is 0 Å². The van der Waals surface area contributed by atoms with E-state index in [9.17, 15) is 4.39 Å². The lowest BCUT2D eigenvalue weighted by atomic mass is 10.2. The third-order valence-electron chi connectivity index (χ3n) is 2.39. The quantitative estimate of drug-likeness (QED) is 0.806. The van der Waals surface area contributed by atoms with Gasteiger partial charge < -0.3 is 9.84 Å². The summed E-state index contributed by atoms with van der Waals surface area (Å²) in [5.41, 5.74) is 0.759. The summed E-state index contributed by atoms with van der Waals surface area (Å²) < 4.78 is 17.9. The average molecular weight is 235 g/mol. The predicted molar refractivity (Wildman–Crippen MR) is 61.9 cm³/mol. The smallest absolute Gasteiger partial charge is 0.227 e. The predicted octanol–water partition coefficient (Wildman–Crippen LogP) is 2.03. The molecule has 0 atom stereocenters. The Labute approximate surface area is 98.8 Å². The fraction of sp³-hybridized carbons (Fsp3) is 0.333. The Morgan fingerprint density at radius 1 is 1.29 bits per heavy atom. The zero-order valence-corrected chi connectivity index (χ0v) is 9.61. The van der Waals surface area contributed by atoms with Crippen LogP contribution in [0.4, 0.5) is 4.39 Å². The van der Waals surface area contributed by atoms with E-state index in [0.717, 1.165) is 24.9 Å². The Morgan fingerprint density at radius 3 is 2.76 bits per heavy atom. The Morgan fingerprint density at radius 2 is 2.06 bits per heavy atom. The Balaban J connectivity index is 2.04. The highest BCUT2D eigenvalue weighted by atomic mass is 19.1. The number of hydrogen-bond donors (Lipinski definition) is 1. The third-order valence-corrected chi connectivity index (χ3v) is 2.39. The molecule has 0 aliphatic carbocycles. The Kier molecular flexibility index (Phi) is 3.82. The number of rotatable bonds is 5. The maximum atomic E-state index is 12.7. The van der Waals surface area contributed by atoms with Crippen LogP contribution >= 0.6 is 0 Å². The summed E-state index contributed by atoms with van der Waals surface area (Å²) >= 11 is 0. The first-order valence-corrected chi connectivity index (χ1v) is 5.52. The number of nitrogens with zero attached hydrogens (tertiary/aromatic N) is 2. The molecule has 1 aromatic carbocycles. The molecule has 0 spiro atoms. The second-order valence-corrected chi connectivity index (χ2v) is 3.73. The number of aryl methyl sites for hydroxylation is 1. The molecule has 90 valence electrons. The molecule has 1 aromatic heterocycles. The highest BCUT2D eigenvalue weighted by molar-refractivity contribution is 5.53. The van der Waals surface area contributed by atoms with Crippen LogP contribution in [0.5, 0.6) is 0 Å². The zero-order valence-electron chi connectivity index (χ0n) is 9.61. The highest BCUT2D eigenvalue weighted by Crippen LogP contribution is 2.16. The molecular weight excluding hydrogens is 221 g/mol. The molecule has 5 heteroatoms. The van der Waals surface area contributed by atoms with E-state index in [0.29, 0.717) is 11.7 Å². The van der Waals surface area contributed by atoms with Crippen molar-refractivity contribution < 1.29 is 8.91 Å². The van der Waals surface area contributed by atoms with Crippen molar-refractivity contribution in [1.29, 1.82) is 0 Å². The van der Waals surface area contributed by atoms with Gasteiger partial charge in [0.1, 0.15) is 5.82 Å². The molecule has 17 heavy (non-hydrogen) atoms. The first-order chi connectivity index (χ1) is 8.29. The van der Waals surface area contributed by atoms with E-state index in [4.69, 9.17) is 4.52 Å². The van der Waals surface area contributed by atoms with Crippen LogP contribution < -0.4 is 5.32 Å². The zero-order chi connectivity index (χ0) is 12.1. The molecule has 0 aliphatic heterocycles. The lowest BCUT2D eigenvalue weighted by Crippen LogP contribution is -2.08. The lowest BCUT2D eigenvalue weighted by molar-refractivity contribution is 0.375. The molecule has 0 aliphatic rings. The van der Waals surface area contributed by atoms with E-state index in [1.165, 1.54) is 12.1 Å². The summed E-state index contributed by atoms with van der Waals surface area (Å²) in [6.07, 6.45) is 1.69. The number of hydrogen-bond acceptors (Lipinski definition) is 4. The van der Waals surface area contributed by atoms with E-state index in [2.05, 4.69) is 15.5 Å². The topological polar surface area (TPSA) is 51.0 Å². The number of nitrogens with one attached hydrogen (secondary N) is 1. The van der Waals surface area contributed by atoms with E-state index < -0.39 is 0 Å². The minimum absolute atomic E-state index is 0.272. The van der Waals surface area contributed by atoms with Crippen molar-refractivity contribution in [3.63, 3.8) is 0 Å². The van der Waals surface area contributed by atoms with Crippen molar-refractivity contribution in [2.24, 2.45) is 0 Å². The first kappa shape index (κ1) is 11.7. The Hall–Kier alpha value is -1.75. The molecule has 4 nitrogen and oxygen atoms in total. The second kappa shape index (κ2) is 5.54. The van der Waals surface area contributed by atoms with E-state index >= 15 is 0 Å². The van der Waals surface area contributed by atoms with Crippen molar-refractivity contribution in [3.05, 3.63) is 36.0 Å². The molecule has 1 heterocycles. The van der Waals surface area contributed by atoms with Crippen molar-refractivity contribution in [2.75, 3.05) is 13.6 Å². The van der Waals surface area contributed by atoms with Crippen LogP contribution in [-0.2, 0) is 6.42 Å². The van der Waals surface area contributed by atoms with Crippen LogP contribution in [0.15, 0.2) is 28.8 Å². The minimum atomic E-state index is -0.272. The molecule has 0 saturated carbocycles. The minimum Gasteiger partial charge on any atom is -0.339 e. The molecule has 0 fully saturated rings. The van der Waals surface area contributed by atoms with Gasteiger partial charge in [-0.3, -0.25) is 0 Å². The number of benzene rings is 1. The molecule has 0 radical (unpaired) electrons. The van der Waals surface area contributed by atoms with Crippen molar-refractivity contribution in [3.8, 4) is 11.4 Å². The maximum absolute atomic E-state index is 12.7. The summed E-state index contributed by atoms with van der Waals surface area (Å²) in [7, 11) is 1.90. The van der Waals surface area contributed by atoms with Gasteiger partial charge in [-0.25, -0.2) is 4.39 Å². The van der Waals surface area contributed by atoms with Crippen LogP contribution in [0.3, 0.4) is 0 Å². The van der Waals surface area contributed by atoms with Gasteiger partial charge in [0.25, 0.3) is 0 Å². The second-order valence-electron chi connectivity index (χ2n) is 3.73. The van der Waals surface area contributed by atoms with E-state index in [-0.39, 0.29) is 5.82 Å². The third kappa shape index (κ3) is 3.10. The molecule has 0 unspecified atom stereocenters. The van der Waals surface area contributed by atoms with Gasteiger partial charge in [-0.2, -0.15) is 4.98 Å². The highest BCUT2D eigenvalue weighted by Gasteiger charge is 2.07. The van der Waals surface area contributed by atoms with Gasteiger partial charge in [-0.05, 0) is 44.3 Å². The fourth-order valence-electron chi connectivity index (χ4n) is 1.49. The molecule has 2 aromatic rings. The van der Waals surface area contributed by atoms with E-state index in [1.54, 1.807) is 12.1 Å². The summed E-state index contributed by atoms with van der Waals surface area (Å²) in [5, 5.41) is 6.92. The maximum Gasteiger partial charge on any atom is 0.227 e. The van der Waals surface area contributed by atoms with Crippen LogP contribution in [0.2, 0.25) is 0 Å². The number of halogens is 1. The Bertz CT molecular complexity index is 467. The summed E-state index contributed by atoms with van der Waals surface area (Å²) in [6, 6.07) is 6.04. The summed E-state index contributed by atoms with van der Waals surface area (Å²) in [5.74, 6) is 0.843. The largest absolute Gasteiger partial charge is 0.339 e. The summed E-state index contributed by atoms with van der Waals surface area (Å²) in [4.78, 5) is 4.25. The van der Waals surface area contributed by atoms with Crippen molar-refractivity contribution in [1.82, 2.24) is 15.5 Å². The normalized spacial score (nSPS) is 10.7. The van der Waals surface area contributed by atoms with Crippen molar-refractivity contribution >= 4 is 0 Å². The van der Waals surface area contributed by atoms with Gasteiger partial charge in [0.05, 0.1) is 0 Å². The average Bonchev–Trinajstić information content (AvgIpc) is 2.79. The van der Waals surface area contributed by atoms with Gasteiger partial charge in [-0.15, -0.1) is 0 Å². The lowest BCUT2D eigenvalue weighted by Gasteiger charge is -1.94. The molecular formula is C12H14FN3O. The monoisotopic (exact) mass is 235 g/mol. The van der Waals surface area contributed by atoms with Gasteiger partial charge >= 0.3 is 0 Å². The van der Waals surface area contributed by atoms with Crippen LogP contribution in [0.25, 0.3) is 11.4 Å². The first-order valence-electron chi connectivity index (χ1n) is 5.52.